The average molecular weight is 266 g/mol. The zero-order valence-electron chi connectivity index (χ0n) is 8.48. The van der Waals surface area contributed by atoms with Crippen LogP contribution in [0.15, 0.2) is 47.2 Å². The molecule has 0 fully saturated rings. The van der Waals surface area contributed by atoms with Gasteiger partial charge in [0, 0.05) is 23.4 Å². The van der Waals surface area contributed by atoms with Gasteiger partial charge >= 0.3 is 0 Å². The second-order valence-electron chi connectivity index (χ2n) is 3.35. The Bertz CT molecular complexity index is 433. The first-order valence-electron chi connectivity index (χ1n) is 4.72. The Morgan fingerprint density at radius 3 is 2.47 bits per heavy atom. The van der Waals surface area contributed by atoms with Gasteiger partial charge in [-0.05, 0) is 39.7 Å². The molecule has 0 spiro atoms. The van der Waals surface area contributed by atoms with Crippen LogP contribution < -0.4 is 4.74 Å². The smallest absolute Gasteiger partial charge is 0.118 e. The van der Waals surface area contributed by atoms with E-state index in [9.17, 15) is 0 Å². The van der Waals surface area contributed by atoms with Gasteiger partial charge in [0.2, 0.25) is 0 Å². The van der Waals surface area contributed by atoms with E-state index in [-0.39, 0.29) is 0 Å². The van der Waals surface area contributed by atoms with Gasteiger partial charge in [-0.1, -0.05) is 12.1 Å². The normalized spacial score (nSPS) is 10.3. The van der Waals surface area contributed by atoms with Crippen molar-refractivity contribution in [1.82, 2.24) is 4.57 Å². The van der Waals surface area contributed by atoms with Crippen LogP contribution in [0.3, 0.4) is 0 Å². The van der Waals surface area contributed by atoms with E-state index in [0.29, 0.717) is 0 Å². The first-order valence-corrected chi connectivity index (χ1v) is 5.51. The van der Waals surface area contributed by atoms with Gasteiger partial charge in [-0.3, -0.25) is 0 Å². The molecule has 1 aromatic carbocycles. The monoisotopic (exact) mass is 265 g/mol. The average Bonchev–Trinajstić information content (AvgIpc) is 2.65. The van der Waals surface area contributed by atoms with Gasteiger partial charge in [0.1, 0.15) is 5.75 Å². The third kappa shape index (κ3) is 2.63. The first kappa shape index (κ1) is 10.3. The van der Waals surface area contributed by atoms with Crippen LogP contribution in [0.25, 0.3) is 0 Å². The Kier molecular flexibility index (Phi) is 3.11. The third-order valence-electron chi connectivity index (χ3n) is 2.24. The van der Waals surface area contributed by atoms with Crippen molar-refractivity contribution in [2.24, 2.45) is 0 Å². The van der Waals surface area contributed by atoms with Crippen molar-refractivity contribution >= 4 is 15.9 Å². The fourth-order valence-electron chi connectivity index (χ4n) is 1.45. The van der Waals surface area contributed by atoms with Crippen LogP contribution in [-0.2, 0) is 6.54 Å². The number of aromatic nitrogens is 1. The number of hydrogen-bond acceptors (Lipinski definition) is 1. The Labute approximate surface area is 97.6 Å². The lowest BCUT2D eigenvalue weighted by molar-refractivity contribution is 0.414. The highest BCUT2D eigenvalue weighted by Gasteiger charge is 1.96. The minimum Gasteiger partial charge on any atom is -0.497 e. The molecule has 0 saturated heterocycles. The van der Waals surface area contributed by atoms with E-state index in [1.807, 2.05) is 24.4 Å². The summed E-state index contributed by atoms with van der Waals surface area (Å²) in [6.45, 7) is 0.885. The van der Waals surface area contributed by atoms with Crippen LogP contribution in [0.5, 0.6) is 5.75 Å². The van der Waals surface area contributed by atoms with Crippen LogP contribution in [0.2, 0.25) is 0 Å². The highest BCUT2D eigenvalue weighted by atomic mass is 79.9. The molecule has 0 unspecified atom stereocenters. The van der Waals surface area contributed by atoms with Crippen LogP contribution >= 0.6 is 15.9 Å². The van der Waals surface area contributed by atoms with E-state index in [1.54, 1.807) is 7.11 Å². The summed E-state index contributed by atoms with van der Waals surface area (Å²) in [6.07, 6.45) is 4.11. The predicted octanol–water partition coefficient (Wildman–Crippen LogP) is 3.31. The minimum atomic E-state index is 0.885. The summed E-state index contributed by atoms with van der Waals surface area (Å²) in [5.41, 5.74) is 1.26. The molecule has 0 aliphatic carbocycles. The summed E-state index contributed by atoms with van der Waals surface area (Å²) in [6, 6.07) is 10.1. The van der Waals surface area contributed by atoms with Gasteiger partial charge in [0.25, 0.3) is 0 Å². The van der Waals surface area contributed by atoms with E-state index in [0.717, 1.165) is 16.8 Å². The predicted molar refractivity (Wildman–Crippen MR) is 64.2 cm³/mol. The molecular weight excluding hydrogens is 254 g/mol. The molecule has 2 nitrogen and oxygen atoms in total. The number of ether oxygens (including phenoxy) is 1. The van der Waals surface area contributed by atoms with Gasteiger partial charge < -0.3 is 9.30 Å². The Morgan fingerprint density at radius 2 is 1.93 bits per heavy atom. The maximum absolute atomic E-state index is 5.11. The van der Waals surface area contributed by atoms with Crippen LogP contribution in [0, 0.1) is 0 Å². The summed E-state index contributed by atoms with van der Waals surface area (Å²) >= 11 is 3.43. The van der Waals surface area contributed by atoms with Gasteiger partial charge in [0.05, 0.1) is 7.11 Å². The topological polar surface area (TPSA) is 14.2 Å². The van der Waals surface area contributed by atoms with E-state index < -0.39 is 0 Å². The molecule has 0 bridgehead atoms. The quantitative estimate of drug-likeness (QED) is 0.831. The number of benzene rings is 1. The Balaban J connectivity index is 2.11. The van der Waals surface area contributed by atoms with Gasteiger partial charge in [-0.2, -0.15) is 0 Å². The molecule has 2 rings (SSSR count). The Hall–Kier alpha value is -1.22. The van der Waals surface area contributed by atoms with Crippen molar-refractivity contribution in [2.45, 2.75) is 6.54 Å². The van der Waals surface area contributed by atoms with Crippen molar-refractivity contribution in [1.29, 1.82) is 0 Å². The number of nitrogens with zero attached hydrogens (tertiary/aromatic N) is 1. The van der Waals surface area contributed by atoms with Gasteiger partial charge in [-0.25, -0.2) is 0 Å². The molecular formula is C12H12BrNO. The van der Waals surface area contributed by atoms with Gasteiger partial charge in [0.15, 0.2) is 0 Å². The first-order chi connectivity index (χ1) is 7.28. The number of halogens is 1. The van der Waals surface area contributed by atoms with Crippen molar-refractivity contribution in [3.05, 3.63) is 52.8 Å². The maximum Gasteiger partial charge on any atom is 0.118 e. The lowest BCUT2D eigenvalue weighted by Gasteiger charge is -2.04. The highest BCUT2D eigenvalue weighted by molar-refractivity contribution is 9.10. The molecule has 1 heterocycles. The molecule has 3 heteroatoms. The minimum absolute atomic E-state index is 0.885. The number of rotatable bonds is 3. The van der Waals surface area contributed by atoms with E-state index >= 15 is 0 Å². The van der Waals surface area contributed by atoms with Crippen LogP contribution in [-0.4, -0.2) is 11.7 Å². The molecule has 15 heavy (non-hydrogen) atoms. The van der Waals surface area contributed by atoms with E-state index in [2.05, 4.69) is 38.8 Å². The van der Waals surface area contributed by atoms with Crippen molar-refractivity contribution < 1.29 is 4.74 Å². The van der Waals surface area contributed by atoms with E-state index in [1.165, 1.54) is 5.56 Å². The molecule has 0 radical (unpaired) electrons. The van der Waals surface area contributed by atoms with Crippen LogP contribution in [0.1, 0.15) is 5.56 Å². The molecule has 0 aliphatic rings. The lowest BCUT2D eigenvalue weighted by atomic mass is 10.2. The van der Waals surface area contributed by atoms with Gasteiger partial charge in [-0.15, -0.1) is 0 Å². The second-order valence-corrected chi connectivity index (χ2v) is 4.27. The number of hydrogen-bond donors (Lipinski definition) is 0. The zero-order valence-corrected chi connectivity index (χ0v) is 10.1. The maximum atomic E-state index is 5.11. The largest absolute Gasteiger partial charge is 0.497 e. The summed E-state index contributed by atoms with van der Waals surface area (Å²) in [5, 5.41) is 0. The van der Waals surface area contributed by atoms with Crippen molar-refractivity contribution in [2.75, 3.05) is 7.11 Å². The van der Waals surface area contributed by atoms with Crippen molar-refractivity contribution in [3.8, 4) is 5.75 Å². The second kappa shape index (κ2) is 4.53. The molecule has 0 amide bonds. The molecule has 0 atom stereocenters. The molecule has 78 valence electrons. The lowest BCUT2D eigenvalue weighted by Crippen LogP contribution is -1.95. The molecule has 2 aromatic rings. The fraction of sp³-hybridized carbons (Fsp3) is 0.167. The van der Waals surface area contributed by atoms with Crippen LogP contribution in [0.4, 0.5) is 0 Å². The SMILES string of the molecule is COc1ccc(Cn2ccc(Br)c2)cc1. The number of methoxy groups -OCH3 is 1. The molecule has 0 N–H and O–H groups in total. The summed E-state index contributed by atoms with van der Waals surface area (Å²) < 4.78 is 8.35. The molecule has 0 aliphatic heterocycles. The van der Waals surface area contributed by atoms with Crippen molar-refractivity contribution in [3.63, 3.8) is 0 Å². The summed E-state index contributed by atoms with van der Waals surface area (Å²) in [7, 11) is 1.68. The fourth-order valence-corrected chi connectivity index (χ4v) is 1.83. The highest BCUT2D eigenvalue weighted by Crippen LogP contribution is 2.14. The summed E-state index contributed by atoms with van der Waals surface area (Å²) in [4.78, 5) is 0. The summed E-state index contributed by atoms with van der Waals surface area (Å²) in [5.74, 6) is 0.896. The Morgan fingerprint density at radius 1 is 1.20 bits per heavy atom. The third-order valence-corrected chi connectivity index (χ3v) is 2.71. The zero-order chi connectivity index (χ0) is 10.7. The standard InChI is InChI=1S/C12H12BrNO/c1-15-12-4-2-10(3-5-12)8-14-7-6-11(13)9-14/h2-7,9H,8H2,1H3. The molecule has 1 aromatic heterocycles. The van der Waals surface area contributed by atoms with E-state index in [4.69, 9.17) is 4.74 Å². The molecule has 0 saturated carbocycles.